The topological polar surface area (TPSA) is 69.7 Å². The van der Waals surface area contributed by atoms with Crippen molar-refractivity contribution in [3.8, 4) is 0 Å². The van der Waals surface area contributed by atoms with E-state index in [2.05, 4.69) is 5.32 Å². The third-order valence-corrected chi connectivity index (χ3v) is 6.78. The molecule has 0 aromatic heterocycles. The molecular formula is C21H27N3O3S. The number of sulfonamides is 1. The van der Waals surface area contributed by atoms with E-state index in [4.69, 9.17) is 0 Å². The number of piperidine rings is 1. The highest BCUT2D eigenvalue weighted by Crippen LogP contribution is 2.30. The number of nitrogens with zero attached hydrogens (tertiary/aromatic N) is 2. The van der Waals surface area contributed by atoms with Crippen molar-refractivity contribution in [3.63, 3.8) is 0 Å². The van der Waals surface area contributed by atoms with Gasteiger partial charge in [0.2, 0.25) is 15.9 Å². The molecule has 1 heterocycles. The van der Waals surface area contributed by atoms with Crippen molar-refractivity contribution in [1.82, 2.24) is 4.31 Å². The fourth-order valence-corrected chi connectivity index (χ4v) is 4.94. The van der Waals surface area contributed by atoms with Crippen molar-refractivity contribution < 1.29 is 13.2 Å². The van der Waals surface area contributed by atoms with Gasteiger partial charge < -0.3 is 10.2 Å². The second-order valence-corrected chi connectivity index (χ2v) is 9.19. The van der Waals surface area contributed by atoms with Crippen LogP contribution in [0, 0.1) is 0 Å². The molecule has 1 amide bonds. The van der Waals surface area contributed by atoms with Gasteiger partial charge in [0.1, 0.15) is 0 Å². The number of rotatable bonds is 6. The van der Waals surface area contributed by atoms with Crippen LogP contribution in [0.4, 0.5) is 11.4 Å². The van der Waals surface area contributed by atoms with Gasteiger partial charge in [-0.05, 0) is 36.6 Å². The number of amides is 1. The summed E-state index contributed by atoms with van der Waals surface area (Å²) in [5, 5.41) is 2.89. The lowest BCUT2D eigenvalue weighted by Crippen LogP contribution is -2.35. The van der Waals surface area contributed by atoms with Gasteiger partial charge >= 0.3 is 0 Å². The third-order valence-electron chi connectivity index (χ3n) is 4.88. The predicted octanol–water partition coefficient (Wildman–Crippen LogP) is 3.11. The molecule has 1 aliphatic rings. The van der Waals surface area contributed by atoms with E-state index in [-0.39, 0.29) is 17.2 Å². The lowest BCUT2D eigenvalue weighted by atomic mass is 10.1. The molecule has 1 saturated heterocycles. The van der Waals surface area contributed by atoms with Gasteiger partial charge in [-0.1, -0.05) is 36.8 Å². The van der Waals surface area contributed by atoms with Crippen LogP contribution in [0.25, 0.3) is 0 Å². The molecule has 150 valence electrons. The molecule has 0 saturated carbocycles. The van der Waals surface area contributed by atoms with Crippen molar-refractivity contribution in [3.05, 3.63) is 54.1 Å². The van der Waals surface area contributed by atoms with Gasteiger partial charge in [0, 0.05) is 27.2 Å². The van der Waals surface area contributed by atoms with Crippen molar-refractivity contribution in [1.29, 1.82) is 0 Å². The van der Waals surface area contributed by atoms with Gasteiger partial charge in [0.05, 0.1) is 22.7 Å². The summed E-state index contributed by atoms with van der Waals surface area (Å²) >= 11 is 0. The number of hydrogen-bond donors (Lipinski definition) is 1. The molecule has 7 heteroatoms. The highest BCUT2D eigenvalue weighted by molar-refractivity contribution is 7.89. The van der Waals surface area contributed by atoms with Gasteiger partial charge in [-0.3, -0.25) is 4.79 Å². The van der Waals surface area contributed by atoms with Crippen molar-refractivity contribution in [2.24, 2.45) is 0 Å². The predicted molar refractivity (Wildman–Crippen MR) is 112 cm³/mol. The standard InChI is InChI=1S/C21H27N3O3S/c1-23(2)20-12-11-18(28(26,27)24-13-7-4-8-14-24)16-19(20)22-21(25)15-17-9-5-3-6-10-17/h3,5-6,9-12,16H,4,7-8,13-15H2,1-2H3,(H,22,25). The molecule has 3 rings (SSSR count). The van der Waals surface area contributed by atoms with E-state index in [1.54, 1.807) is 18.2 Å². The molecule has 0 radical (unpaired) electrons. The van der Waals surface area contributed by atoms with E-state index in [0.717, 1.165) is 30.5 Å². The Labute approximate surface area is 167 Å². The molecular weight excluding hydrogens is 374 g/mol. The molecule has 0 aliphatic carbocycles. The first-order chi connectivity index (χ1) is 13.4. The zero-order valence-corrected chi connectivity index (χ0v) is 17.2. The summed E-state index contributed by atoms with van der Waals surface area (Å²) in [7, 11) is 0.166. The van der Waals surface area contributed by atoms with Gasteiger partial charge in [0.25, 0.3) is 0 Å². The molecule has 0 spiro atoms. The summed E-state index contributed by atoms with van der Waals surface area (Å²) in [6.45, 7) is 1.10. The highest BCUT2D eigenvalue weighted by Gasteiger charge is 2.27. The largest absolute Gasteiger partial charge is 0.376 e. The lowest BCUT2D eigenvalue weighted by molar-refractivity contribution is -0.115. The zero-order valence-electron chi connectivity index (χ0n) is 16.4. The van der Waals surface area contributed by atoms with Crippen LogP contribution < -0.4 is 10.2 Å². The molecule has 1 aliphatic heterocycles. The van der Waals surface area contributed by atoms with Crippen LogP contribution in [0.2, 0.25) is 0 Å². The summed E-state index contributed by atoms with van der Waals surface area (Å²) in [4.78, 5) is 14.6. The van der Waals surface area contributed by atoms with Crippen LogP contribution in [0.15, 0.2) is 53.4 Å². The third kappa shape index (κ3) is 4.72. The Morgan fingerprint density at radius 2 is 1.71 bits per heavy atom. The number of anilines is 2. The second kappa shape index (κ2) is 8.75. The van der Waals surface area contributed by atoms with Crippen LogP contribution in [0.1, 0.15) is 24.8 Å². The van der Waals surface area contributed by atoms with Gasteiger partial charge in [-0.2, -0.15) is 4.31 Å². The molecule has 1 fully saturated rings. The van der Waals surface area contributed by atoms with Crippen LogP contribution in [0.3, 0.4) is 0 Å². The van der Waals surface area contributed by atoms with Crippen LogP contribution in [-0.2, 0) is 21.2 Å². The van der Waals surface area contributed by atoms with Gasteiger partial charge in [-0.15, -0.1) is 0 Å². The minimum Gasteiger partial charge on any atom is -0.376 e. The maximum Gasteiger partial charge on any atom is 0.243 e. The lowest BCUT2D eigenvalue weighted by Gasteiger charge is -2.26. The number of benzene rings is 2. The summed E-state index contributed by atoms with van der Waals surface area (Å²) in [6, 6.07) is 14.4. The zero-order chi connectivity index (χ0) is 20.1. The number of hydrogen-bond acceptors (Lipinski definition) is 4. The van der Waals surface area contributed by atoms with E-state index in [0.29, 0.717) is 18.8 Å². The fraction of sp³-hybridized carbons (Fsp3) is 0.381. The molecule has 2 aromatic rings. The smallest absolute Gasteiger partial charge is 0.243 e. The minimum atomic E-state index is -3.56. The van der Waals surface area contributed by atoms with E-state index in [1.807, 2.05) is 49.3 Å². The Morgan fingerprint density at radius 3 is 2.36 bits per heavy atom. The molecule has 1 N–H and O–H groups in total. The Morgan fingerprint density at radius 1 is 1.04 bits per heavy atom. The number of nitrogens with one attached hydrogen (secondary N) is 1. The minimum absolute atomic E-state index is 0.179. The maximum atomic E-state index is 13.0. The van der Waals surface area contributed by atoms with Crippen molar-refractivity contribution >= 4 is 27.3 Å². The number of carbonyl (C=O) groups is 1. The van der Waals surface area contributed by atoms with E-state index in [1.165, 1.54) is 4.31 Å². The normalized spacial score (nSPS) is 15.2. The second-order valence-electron chi connectivity index (χ2n) is 7.25. The first-order valence-electron chi connectivity index (χ1n) is 9.53. The molecule has 28 heavy (non-hydrogen) atoms. The van der Waals surface area contributed by atoms with E-state index >= 15 is 0 Å². The van der Waals surface area contributed by atoms with Crippen LogP contribution >= 0.6 is 0 Å². The molecule has 0 atom stereocenters. The van der Waals surface area contributed by atoms with Crippen molar-refractivity contribution in [2.45, 2.75) is 30.6 Å². The Kier molecular flexibility index (Phi) is 6.36. The van der Waals surface area contributed by atoms with E-state index in [9.17, 15) is 13.2 Å². The molecule has 0 unspecified atom stereocenters. The summed E-state index contributed by atoms with van der Waals surface area (Å²) in [5.74, 6) is -0.179. The maximum absolute atomic E-state index is 13.0. The average molecular weight is 402 g/mol. The SMILES string of the molecule is CN(C)c1ccc(S(=O)(=O)N2CCCCC2)cc1NC(=O)Cc1ccccc1. The first-order valence-corrected chi connectivity index (χ1v) is 11.0. The first kappa shape index (κ1) is 20.4. The Balaban J connectivity index is 1.86. The van der Waals surface area contributed by atoms with Crippen molar-refractivity contribution in [2.75, 3.05) is 37.4 Å². The van der Waals surface area contributed by atoms with Gasteiger partial charge in [0.15, 0.2) is 0 Å². The fourth-order valence-electron chi connectivity index (χ4n) is 3.40. The average Bonchev–Trinajstić information content (AvgIpc) is 2.69. The Hall–Kier alpha value is -2.38. The molecule has 0 bridgehead atoms. The Bertz CT molecular complexity index is 921. The monoisotopic (exact) mass is 401 g/mol. The van der Waals surface area contributed by atoms with Crippen LogP contribution in [0.5, 0.6) is 0 Å². The molecule has 6 nitrogen and oxygen atoms in total. The number of carbonyl (C=O) groups excluding carboxylic acids is 1. The summed E-state index contributed by atoms with van der Waals surface area (Å²) in [5.41, 5.74) is 2.17. The highest BCUT2D eigenvalue weighted by atomic mass is 32.2. The van der Waals surface area contributed by atoms with E-state index < -0.39 is 10.0 Å². The van der Waals surface area contributed by atoms with Gasteiger partial charge in [-0.25, -0.2) is 8.42 Å². The molecule has 2 aromatic carbocycles. The van der Waals surface area contributed by atoms with Crippen LogP contribution in [-0.4, -0.2) is 45.8 Å². The summed E-state index contributed by atoms with van der Waals surface area (Å²) < 4.78 is 27.5. The summed E-state index contributed by atoms with van der Waals surface area (Å²) in [6.07, 6.45) is 3.06. The quantitative estimate of drug-likeness (QED) is 0.807.